The van der Waals surface area contributed by atoms with Gasteiger partial charge in [-0.2, -0.15) is 0 Å². The second-order valence-electron chi connectivity index (χ2n) is 2.87. The normalized spacial score (nSPS) is 12.0. The lowest BCUT2D eigenvalue weighted by molar-refractivity contribution is 0.151. The fraction of sp³-hybridized carbons (Fsp3) is 0.250. The molecule has 1 rings (SSSR count). The van der Waals surface area contributed by atoms with Gasteiger partial charge in [0.25, 0.3) is 6.43 Å². The molecule has 0 heterocycles. The number of halogens is 3. The first-order valence-electron chi connectivity index (χ1n) is 3.82. The second-order valence-corrected chi connectivity index (χ2v) is 5.65. The Morgan fingerprint density at radius 1 is 1.40 bits per heavy atom. The van der Waals surface area contributed by atoms with E-state index in [-0.39, 0.29) is 11.1 Å². The summed E-state index contributed by atoms with van der Waals surface area (Å²) in [7, 11) is 1.15. The minimum Gasteiger partial charge on any atom is -0.508 e. The Morgan fingerprint density at radius 2 is 2.00 bits per heavy atom. The van der Waals surface area contributed by atoms with Crippen molar-refractivity contribution >= 4 is 19.7 Å². The predicted octanol–water partition coefficient (Wildman–Crippen LogP) is 2.40. The summed E-state index contributed by atoms with van der Waals surface area (Å²) >= 11 is 0. The van der Waals surface area contributed by atoms with E-state index in [2.05, 4.69) is 0 Å². The number of hydrogen-bond donors (Lipinski definition) is 1. The Balaban J connectivity index is 3.04. The maximum Gasteiger partial charge on any atom is 0.263 e. The standard InChI is InChI=1S/C8H7ClF2O3S/c9-15(13,14)4-6-2-1-5(8(10)11)3-7(6)12/h1-3,8,12H,4H2. The maximum absolute atomic E-state index is 12.2. The maximum atomic E-state index is 12.2. The number of hydrogen-bond acceptors (Lipinski definition) is 3. The molecule has 0 amide bonds. The van der Waals surface area contributed by atoms with Crippen molar-refractivity contribution in [3.63, 3.8) is 0 Å². The van der Waals surface area contributed by atoms with E-state index in [4.69, 9.17) is 10.7 Å². The molecule has 84 valence electrons. The van der Waals surface area contributed by atoms with Gasteiger partial charge in [0.15, 0.2) is 0 Å². The first kappa shape index (κ1) is 12.2. The van der Waals surface area contributed by atoms with E-state index in [1.54, 1.807) is 0 Å². The van der Waals surface area contributed by atoms with Crippen molar-refractivity contribution < 1.29 is 22.3 Å². The van der Waals surface area contributed by atoms with Crippen molar-refractivity contribution in [3.8, 4) is 5.75 Å². The van der Waals surface area contributed by atoms with Crippen LogP contribution in [0.1, 0.15) is 17.6 Å². The largest absolute Gasteiger partial charge is 0.508 e. The smallest absolute Gasteiger partial charge is 0.263 e. The highest BCUT2D eigenvalue weighted by Gasteiger charge is 2.14. The Hall–Kier alpha value is -0.880. The zero-order chi connectivity index (χ0) is 11.6. The molecule has 1 aromatic rings. The van der Waals surface area contributed by atoms with Crippen LogP contribution in [-0.4, -0.2) is 13.5 Å². The molecule has 1 aromatic carbocycles. The van der Waals surface area contributed by atoms with Crippen molar-refractivity contribution in [2.75, 3.05) is 0 Å². The molecule has 0 aromatic heterocycles. The highest BCUT2D eigenvalue weighted by molar-refractivity contribution is 8.13. The van der Waals surface area contributed by atoms with Gasteiger partial charge in [-0.25, -0.2) is 17.2 Å². The molecular formula is C8H7ClF2O3S. The van der Waals surface area contributed by atoms with Crippen molar-refractivity contribution in [2.24, 2.45) is 0 Å². The van der Waals surface area contributed by atoms with Crippen molar-refractivity contribution in [1.29, 1.82) is 0 Å². The third-order valence-corrected chi connectivity index (χ3v) is 2.67. The summed E-state index contributed by atoms with van der Waals surface area (Å²) in [6, 6.07) is 2.97. The fourth-order valence-electron chi connectivity index (χ4n) is 1.02. The van der Waals surface area contributed by atoms with Gasteiger partial charge in [-0.3, -0.25) is 0 Å². The molecule has 0 saturated heterocycles. The lowest BCUT2D eigenvalue weighted by atomic mass is 10.1. The molecule has 0 atom stereocenters. The summed E-state index contributed by atoms with van der Waals surface area (Å²) in [5, 5.41) is 9.25. The summed E-state index contributed by atoms with van der Waals surface area (Å²) in [5.41, 5.74) is -0.377. The minimum atomic E-state index is -3.81. The highest BCUT2D eigenvalue weighted by Crippen LogP contribution is 2.27. The molecule has 15 heavy (non-hydrogen) atoms. The minimum absolute atomic E-state index is 0.00519. The van der Waals surface area contributed by atoms with Crippen LogP contribution in [0.3, 0.4) is 0 Å². The average Bonchev–Trinajstić information content (AvgIpc) is 2.05. The van der Waals surface area contributed by atoms with Gasteiger partial charge in [0, 0.05) is 21.8 Å². The van der Waals surface area contributed by atoms with Crippen molar-refractivity contribution in [3.05, 3.63) is 29.3 Å². The van der Waals surface area contributed by atoms with Crippen LogP contribution in [0.25, 0.3) is 0 Å². The lowest BCUT2D eigenvalue weighted by Crippen LogP contribution is -1.96. The Kier molecular flexibility index (Phi) is 3.51. The van der Waals surface area contributed by atoms with Crippen molar-refractivity contribution in [1.82, 2.24) is 0 Å². The molecule has 0 aliphatic heterocycles. The topological polar surface area (TPSA) is 54.4 Å². The number of alkyl halides is 2. The highest BCUT2D eigenvalue weighted by atomic mass is 35.7. The molecule has 0 aliphatic carbocycles. The molecular weight excluding hydrogens is 250 g/mol. The molecule has 0 fully saturated rings. The van der Waals surface area contributed by atoms with Gasteiger partial charge in [-0.1, -0.05) is 12.1 Å². The Labute approximate surface area is 89.7 Å². The van der Waals surface area contributed by atoms with Gasteiger partial charge in [0.05, 0.1) is 5.75 Å². The number of phenolic OH excluding ortho intramolecular Hbond substituents is 1. The third-order valence-electron chi connectivity index (χ3n) is 1.69. The summed E-state index contributed by atoms with van der Waals surface area (Å²) in [5.74, 6) is -1.10. The molecule has 0 unspecified atom stereocenters. The van der Waals surface area contributed by atoms with E-state index in [0.717, 1.165) is 18.2 Å². The molecule has 0 bridgehead atoms. The van der Waals surface area contributed by atoms with Gasteiger partial charge in [0.2, 0.25) is 9.05 Å². The summed E-state index contributed by atoms with van der Waals surface area (Å²) in [4.78, 5) is 0. The van der Waals surface area contributed by atoms with Crippen LogP contribution >= 0.6 is 10.7 Å². The molecule has 0 spiro atoms. The van der Waals surface area contributed by atoms with Crippen LogP contribution in [0, 0.1) is 0 Å². The number of rotatable bonds is 3. The van der Waals surface area contributed by atoms with Gasteiger partial charge in [-0.05, 0) is 6.07 Å². The van der Waals surface area contributed by atoms with E-state index in [1.807, 2.05) is 0 Å². The quantitative estimate of drug-likeness (QED) is 0.845. The molecule has 3 nitrogen and oxygen atoms in total. The molecule has 1 N–H and O–H groups in total. The van der Waals surface area contributed by atoms with Crippen LogP contribution < -0.4 is 0 Å². The van der Waals surface area contributed by atoms with Gasteiger partial charge >= 0.3 is 0 Å². The van der Waals surface area contributed by atoms with E-state index in [0.29, 0.717) is 0 Å². The molecule has 0 saturated carbocycles. The van der Waals surface area contributed by atoms with Gasteiger partial charge in [0.1, 0.15) is 5.75 Å². The number of phenols is 1. The van der Waals surface area contributed by atoms with Crippen LogP contribution in [0.15, 0.2) is 18.2 Å². The molecule has 0 aliphatic rings. The Bertz CT molecular complexity index is 459. The van der Waals surface area contributed by atoms with Crippen LogP contribution in [0.2, 0.25) is 0 Å². The zero-order valence-electron chi connectivity index (χ0n) is 7.32. The van der Waals surface area contributed by atoms with E-state index < -0.39 is 27.0 Å². The SMILES string of the molecule is O=S(=O)(Cl)Cc1ccc(C(F)F)cc1O. The summed E-state index contributed by atoms with van der Waals surface area (Å²) < 4.78 is 45.7. The predicted molar refractivity (Wildman–Crippen MR) is 51.5 cm³/mol. The second kappa shape index (κ2) is 4.32. The van der Waals surface area contributed by atoms with E-state index in [1.165, 1.54) is 0 Å². The first-order valence-corrected chi connectivity index (χ1v) is 6.30. The van der Waals surface area contributed by atoms with Crippen LogP contribution in [0.5, 0.6) is 5.75 Å². The van der Waals surface area contributed by atoms with Crippen LogP contribution in [0.4, 0.5) is 8.78 Å². The third kappa shape index (κ3) is 3.64. The zero-order valence-corrected chi connectivity index (χ0v) is 8.89. The summed E-state index contributed by atoms with van der Waals surface area (Å²) in [6.07, 6.45) is -2.71. The van der Waals surface area contributed by atoms with Gasteiger partial charge in [-0.15, -0.1) is 0 Å². The number of benzene rings is 1. The van der Waals surface area contributed by atoms with Crippen molar-refractivity contribution in [2.45, 2.75) is 12.2 Å². The Morgan fingerprint density at radius 3 is 2.40 bits per heavy atom. The fourth-order valence-corrected chi connectivity index (χ4v) is 1.99. The van der Waals surface area contributed by atoms with E-state index >= 15 is 0 Å². The van der Waals surface area contributed by atoms with Crippen LogP contribution in [-0.2, 0) is 14.8 Å². The molecule has 0 radical (unpaired) electrons. The van der Waals surface area contributed by atoms with E-state index in [9.17, 15) is 22.3 Å². The van der Waals surface area contributed by atoms with Gasteiger partial charge < -0.3 is 5.11 Å². The lowest BCUT2D eigenvalue weighted by Gasteiger charge is -2.05. The molecule has 7 heteroatoms. The number of aromatic hydroxyl groups is 1. The average molecular weight is 257 g/mol. The first-order chi connectivity index (χ1) is 6.79. The monoisotopic (exact) mass is 256 g/mol. The summed E-state index contributed by atoms with van der Waals surface area (Å²) in [6.45, 7) is 0.